The summed E-state index contributed by atoms with van der Waals surface area (Å²) >= 11 is 0. The Bertz CT molecular complexity index is 375. The third-order valence-electron chi connectivity index (χ3n) is 3.53. The van der Waals surface area contributed by atoms with E-state index < -0.39 is 5.97 Å². The van der Waals surface area contributed by atoms with Crippen LogP contribution in [0, 0.1) is 11.3 Å². The summed E-state index contributed by atoms with van der Waals surface area (Å²) in [6, 6.07) is 0. The first-order chi connectivity index (χ1) is 8.16. The number of hydrogen-bond acceptors (Lipinski definition) is 3. The van der Waals surface area contributed by atoms with E-state index in [2.05, 4.69) is 18.0 Å². The van der Waals surface area contributed by atoms with Crippen molar-refractivity contribution in [2.45, 2.75) is 19.3 Å². The van der Waals surface area contributed by atoms with Gasteiger partial charge in [-0.3, -0.25) is 4.79 Å². The lowest BCUT2D eigenvalue weighted by molar-refractivity contribution is -0.138. The van der Waals surface area contributed by atoms with Crippen LogP contribution in [0.5, 0.6) is 0 Å². The molecule has 2 aliphatic carbocycles. The van der Waals surface area contributed by atoms with Crippen LogP contribution >= 0.6 is 0 Å². The molecule has 2 rings (SSSR count). The third-order valence-corrected chi connectivity index (χ3v) is 3.53. The van der Waals surface area contributed by atoms with Gasteiger partial charge in [0.25, 0.3) is 0 Å². The van der Waals surface area contributed by atoms with Gasteiger partial charge in [0.05, 0.1) is 12.0 Å². The summed E-state index contributed by atoms with van der Waals surface area (Å²) in [5.41, 5.74) is -0.285. The summed E-state index contributed by atoms with van der Waals surface area (Å²) < 4.78 is 4.79. The molecule has 0 aromatic carbocycles. The van der Waals surface area contributed by atoms with Gasteiger partial charge < -0.3 is 10.1 Å². The highest BCUT2D eigenvalue weighted by Gasteiger charge is 2.46. The normalized spacial score (nSPS) is 29.1. The Morgan fingerprint density at radius 3 is 2.94 bits per heavy atom. The van der Waals surface area contributed by atoms with Crippen LogP contribution in [0.4, 0.5) is 0 Å². The SMILES string of the molecule is C=CC(=O)OCCNC(=O)C12C=CC(CC1)C2. The molecule has 0 aliphatic heterocycles. The van der Waals surface area contributed by atoms with Gasteiger partial charge in [-0.2, -0.15) is 0 Å². The fourth-order valence-corrected chi connectivity index (χ4v) is 2.58. The van der Waals surface area contributed by atoms with E-state index >= 15 is 0 Å². The van der Waals surface area contributed by atoms with E-state index in [1.54, 1.807) is 0 Å². The van der Waals surface area contributed by atoms with Crippen LogP contribution in [-0.4, -0.2) is 25.0 Å². The molecule has 1 saturated carbocycles. The summed E-state index contributed by atoms with van der Waals surface area (Å²) in [6.07, 6.45) is 8.27. The number of amides is 1. The van der Waals surface area contributed by atoms with Crippen molar-refractivity contribution in [3.8, 4) is 0 Å². The molecule has 1 amide bonds. The Kier molecular flexibility index (Phi) is 3.31. The fraction of sp³-hybridized carbons (Fsp3) is 0.538. The van der Waals surface area contributed by atoms with Gasteiger partial charge >= 0.3 is 5.97 Å². The molecule has 0 spiro atoms. The maximum absolute atomic E-state index is 12.0. The minimum absolute atomic E-state index is 0.0587. The number of ether oxygens (including phenoxy) is 1. The Labute approximate surface area is 101 Å². The number of hydrogen-bond donors (Lipinski definition) is 1. The summed E-state index contributed by atoms with van der Waals surface area (Å²) in [7, 11) is 0. The van der Waals surface area contributed by atoms with Gasteiger partial charge in [-0.25, -0.2) is 4.79 Å². The molecule has 92 valence electrons. The van der Waals surface area contributed by atoms with Gasteiger partial charge in [-0.05, 0) is 25.2 Å². The molecule has 0 heterocycles. The van der Waals surface area contributed by atoms with Crippen molar-refractivity contribution in [2.75, 3.05) is 13.2 Å². The van der Waals surface area contributed by atoms with Crippen molar-refractivity contribution in [2.24, 2.45) is 11.3 Å². The first-order valence-electron chi connectivity index (χ1n) is 5.93. The number of fused-ring (bicyclic) bond motifs is 2. The highest BCUT2D eigenvalue weighted by molar-refractivity contribution is 5.86. The standard InChI is InChI=1S/C13H17NO3/c1-2-11(15)17-8-7-14-12(16)13-5-3-10(9-13)4-6-13/h2-3,5,10H,1,4,6-9H2,(H,14,16). The highest BCUT2D eigenvalue weighted by Crippen LogP contribution is 2.49. The quantitative estimate of drug-likeness (QED) is 0.337. The van der Waals surface area contributed by atoms with Crippen molar-refractivity contribution in [3.05, 3.63) is 24.8 Å². The average molecular weight is 235 g/mol. The molecule has 17 heavy (non-hydrogen) atoms. The van der Waals surface area contributed by atoms with Gasteiger partial charge in [0.2, 0.25) is 5.91 Å². The van der Waals surface area contributed by atoms with E-state index in [0.29, 0.717) is 12.5 Å². The van der Waals surface area contributed by atoms with E-state index in [9.17, 15) is 9.59 Å². The zero-order valence-corrected chi connectivity index (χ0v) is 9.78. The molecule has 0 radical (unpaired) electrons. The van der Waals surface area contributed by atoms with E-state index in [1.165, 1.54) is 0 Å². The molecule has 2 bridgehead atoms. The molecule has 0 aromatic heterocycles. The molecule has 4 heteroatoms. The molecule has 2 aliphatic rings. The van der Waals surface area contributed by atoms with Crippen LogP contribution in [0.1, 0.15) is 19.3 Å². The van der Waals surface area contributed by atoms with Crippen LogP contribution in [0.15, 0.2) is 24.8 Å². The second-order valence-electron chi connectivity index (χ2n) is 4.65. The minimum atomic E-state index is -0.459. The third kappa shape index (κ3) is 2.40. The number of carbonyl (C=O) groups is 2. The molecule has 4 nitrogen and oxygen atoms in total. The Balaban J connectivity index is 1.73. The zero-order valence-electron chi connectivity index (χ0n) is 9.78. The molecular formula is C13H17NO3. The van der Waals surface area contributed by atoms with Crippen molar-refractivity contribution in [1.82, 2.24) is 5.32 Å². The molecule has 0 saturated heterocycles. The molecular weight excluding hydrogens is 218 g/mol. The predicted molar refractivity (Wildman–Crippen MR) is 63.1 cm³/mol. The fourth-order valence-electron chi connectivity index (χ4n) is 2.58. The predicted octanol–water partition coefficient (Wildman–Crippen LogP) is 1.19. The van der Waals surface area contributed by atoms with Gasteiger partial charge in [-0.15, -0.1) is 0 Å². The van der Waals surface area contributed by atoms with Crippen molar-refractivity contribution in [1.29, 1.82) is 0 Å². The van der Waals surface area contributed by atoms with Gasteiger partial charge in [-0.1, -0.05) is 18.7 Å². The molecule has 0 aromatic rings. The first kappa shape index (κ1) is 11.9. The molecule has 2 unspecified atom stereocenters. The van der Waals surface area contributed by atoms with E-state index in [-0.39, 0.29) is 17.9 Å². The average Bonchev–Trinajstić information content (AvgIpc) is 2.95. The van der Waals surface area contributed by atoms with E-state index in [1.807, 2.05) is 6.08 Å². The van der Waals surface area contributed by atoms with Crippen molar-refractivity contribution in [3.63, 3.8) is 0 Å². The first-order valence-corrected chi connectivity index (χ1v) is 5.93. The van der Waals surface area contributed by atoms with Crippen LogP contribution in [0.3, 0.4) is 0 Å². The van der Waals surface area contributed by atoms with E-state index in [0.717, 1.165) is 25.3 Å². The maximum Gasteiger partial charge on any atom is 0.330 e. The molecule has 1 N–H and O–H groups in total. The Morgan fingerprint density at radius 2 is 2.41 bits per heavy atom. The monoisotopic (exact) mass is 235 g/mol. The summed E-state index contributed by atoms with van der Waals surface area (Å²) in [5, 5.41) is 2.82. The number of nitrogens with one attached hydrogen (secondary N) is 1. The number of carbonyl (C=O) groups excluding carboxylic acids is 2. The second-order valence-corrected chi connectivity index (χ2v) is 4.65. The van der Waals surface area contributed by atoms with Crippen molar-refractivity contribution >= 4 is 11.9 Å². The van der Waals surface area contributed by atoms with Crippen LogP contribution in [0.25, 0.3) is 0 Å². The molecule has 2 atom stereocenters. The van der Waals surface area contributed by atoms with Gasteiger partial charge in [0.15, 0.2) is 0 Å². The maximum atomic E-state index is 12.0. The lowest BCUT2D eigenvalue weighted by Gasteiger charge is -2.22. The Hall–Kier alpha value is -1.58. The highest BCUT2D eigenvalue weighted by atomic mass is 16.5. The topological polar surface area (TPSA) is 55.4 Å². The van der Waals surface area contributed by atoms with Crippen LogP contribution in [-0.2, 0) is 14.3 Å². The number of esters is 1. The van der Waals surface area contributed by atoms with E-state index in [4.69, 9.17) is 4.74 Å². The summed E-state index contributed by atoms with van der Waals surface area (Å²) in [4.78, 5) is 22.8. The number of rotatable bonds is 5. The van der Waals surface area contributed by atoms with Gasteiger partial charge in [0.1, 0.15) is 6.61 Å². The minimum Gasteiger partial charge on any atom is -0.461 e. The smallest absolute Gasteiger partial charge is 0.330 e. The zero-order chi connectivity index (χ0) is 12.3. The van der Waals surface area contributed by atoms with Crippen LogP contribution < -0.4 is 5.32 Å². The Morgan fingerprint density at radius 1 is 1.59 bits per heavy atom. The van der Waals surface area contributed by atoms with Crippen molar-refractivity contribution < 1.29 is 14.3 Å². The van der Waals surface area contributed by atoms with Crippen LogP contribution in [0.2, 0.25) is 0 Å². The molecule has 1 fully saturated rings. The lowest BCUT2D eigenvalue weighted by atomic mass is 9.87. The lowest BCUT2D eigenvalue weighted by Crippen LogP contribution is -2.39. The summed E-state index contributed by atoms with van der Waals surface area (Å²) in [5.74, 6) is 0.182. The largest absolute Gasteiger partial charge is 0.461 e. The van der Waals surface area contributed by atoms with Gasteiger partial charge in [0, 0.05) is 6.08 Å². The second kappa shape index (κ2) is 4.73. The number of allylic oxidation sites excluding steroid dienone is 1. The summed E-state index contributed by atoms with van der Waals surface area (Å²) in [6.45, 7) is 3.85.